The van der Waals surface area contributed by atoms with Crippen LogP contribution in [-0.2, 0) is 20.9 Å². The van der Waals surface area contributed by atoms with Crippen LogP contribution in [0, 0.1) is 17.8 Å². The fourth-order valence-corrected chi connectivity index (χ4v) is 9.38. The second-order valence-corrected chi connectivity index (χ2v) is 16.0. The highest BCUT2D eigenvalue weighted by Crippen LogP contribution is 2.62. The Kier molecular flexibility index (Phi) is 16.7. The molecule has 0 unspecified atom stereocenters. The molecule has 3 aromatic rings. The number of nitrogens with zero attached hydrogens (tertiary/aromatic N) is 2. The summed E-state index contributed by atoms with van der Waals surface area (Å²) in [5, 5.41) is 24.7. The number of ether oxygens (including phenoxy) is 5. The van der Waals surface area contributed by atoms with Gasteiger partial charge in [0.05, 0.1) is 36.8 Å². The van der Waals surface area contributed by atoms with Crippen LogP contribution in [0.4, 0.5) is 4.79 Å². The predicted molar refractivity (Wildman–Crippen MR) is 234 cm³/mol. The van der Waals surface area contributed by atoms with Crippen LogP contribution in [0.5, 0.6) is 23.0 Å². The van der Waals surface area contributed by atoms with Crippen LogP contribution in [0.2, 0.25) is 0 Å². The number of aliphatic hydroxyl groups is 2. The average molecular weight is 859 g/mol. The van der Waals surface area contributed by atoms with Gasteiger partial charge in [-0.2, -0.15) is 0 Å². The van der Waals surface area contributed by atoms with E-state index in [0.717, 1.165) is 48.7 Å². The minimum Gasteiger partial charge on any atom is -0.496 e. The molecule has 12 nitrogen and oxygen atoms in total. The number of rotatable bonds is 23. The molecule has 1 amide bonds. The van der Waals surface area contributed by atoms with Gasteiger partial charge in [-0.25, -0.2) is 4.79 Å². The number of alkyl halides is 1. The minimum atomic E-state index is -1.44. The number of carbonyl (C=O) groups excluding carboxylic acids is 2. The van der Waals surface area contributed by atoms with E-state index in [1.807, 2.05) is 55.5 Å². The summed E-state index contributed by atoms with van der Waals surface area (Å²) in [6, 6.07) is 19.9. The molecule has 0 spiro atoms. The number of methoxy groups -OCH3 is 1. The molecule has 61 heavy (non-hydrogen) atoms. The van der Waals surface area contributed by atoms with Crippen LogP contribution in [0.3, 0.4) is 0 Å². The first kappa shape index (κ1) is 45.6. The number of halogens is 1. The Hall–Kier alpha value is -4.88. The van der Waals surface area contributed by atoms with Crippen molar-refractivity contribution in [3.05, 3.63) is 108 Å². The molecule has 13 heteroatoms. The molecule has 1 heterocycles. The first-order valence-electron chi connectivity index (χ1n) is 21.4. The van der Waals surface area contributed by atoms with Crippen molar-refractivity contribution in [3.8, 4) is 23.0 Å². The molecule has 1 fully saturated rings. The Labute approximate surface area is 364 Å². The first-order valence-corrected chi connectivity index (χ1v) is 21.9. The quantitative estimate of drug-likeness (QED) is 0.0311. The van der Waals surface area contributed by atoms with Crippen molar-refractivity contribution in [1.29, 1.82) is 0 Å². The van der Waals surface area contributed by atoms with Crippen molar-refractivity contribution in [2.24, 2.45) is 22.9 Å². The van der Waals surface area contributed by atoms with E-state index in [1.54, 1.807) is 29.2 Å². The molecule has 2 aliphatic carbocycles. The predicted octanol–water partition coefficient (Wildman–Crippen LogP) is 9.22. The number of amides is 1. The van der Waals surface area contributed by atoms with Gasteiger partial charge >= 0.3 is 6.09 Å². The van der Waals surface area contributed by atoms with E-state index in [-0.39, 0.29) is 63.1 Å². The maximum atomic E-state index is 14.2. The highest BCUT2D eigenvalue weighted by Gasteiger charge is 2.65. The van der Waals surface area contributed by atoms with Gasteiger partial charge in [-0.1, -0.05) is 67.4 Å². The van der Waals surface area contributed by atoms with Gasteiger partial charge in [0.2, 0.25) is 5.79 Å². The van der Waals surface area contributed by atoms with Gasteiger partial charge < -0.3 is 38.7 Å². The molecule has 0 aromatic heterocycles. The third kappa shape index (κ3) is 10.4. The maximum Gasteiger partial charge on any atom is 0.410 e. The van der Waals surface area contributed by atoms with Crippen molar-refractivity contribution >= 4 is 29.7 Å². The molecule has 1 aliphatic heterocycles. The van der Waals surface area contributed by atoms with E-state index in [9.17, 15) is 19.8 Å². The fourth-order valence-electron chi connectivity index (χ4n) is 9.30. The van der Waals surface area contributed by atoms with E-state index >= 15 is 0 Å². The maximum absolute atomic E-state index is 14.2. The molecule has 328 valence electrons. The molecule has 1 saturated carbocycles. The molecule has 6 rings (SSSR count). The van der Waals surface area contributed by atoms with Crippen LogP contribution in [0.15, 0.2) is 96.2 Å². The Morgan fingerprint density at radius 1 is 1.03 bits per heavy atom. The summed E-state index contributed by atoms with van der Waals surface area (Å²) in [4.78, 5) is 33.9. The molecule has 2 N–H and O–H groups in total. The van der Waals surface area contributed by atoms with Gasteiger partial charge in [0.15, 0.2) is 6.29 Å². The number of hydrogen-bond donors (Lipinski definition) is 2. The minimum absolute atomic E-state index is 0.0133. The lowest BCUT2D eigenvalue weighted by Crippen LogP contribution is -2.70. The normalized spacial score (nSPS) is 23.1. The molecule has 3 aliphatic rings. The molecule has 0 bridgehead atoms. The van der Waals surface area contributed by atoms with Gasteiger partial charge in [0, 0.05) is 37.7 Å². The van der Waals surface area contributed by atoms with E-state index < -0.39 is 23.8 Å². The largest absolute Gasteiger partial charge is 0.496 e. The number of allylic oxidation sites excluding steroid dienone is 1. The van der Waals surface area contributed by atoms with Crippen LogP contribution >= 0.6 is 11.6 Å². The highest BCUT2D eigenvalue weighted by molar-refractivity contribution is 6.18. The highest BCUT2D eigenvalue weighted by atomic mass is 35.5. The zero-order valence-electron chi connectivity index (χ0n) is 35.2. The number of oxime groups is 1. The van der Waals surface area contributed by atoms with Gasteiger partial charge in [0.25, 0.3) is 0 Å². The Bertz CT molecular complexity index is 1990. The van der Waals surface area contributed by atoms with Crippen LogP contribution in [0.1, 0.15) is 85.7 Å². The van der Waals surface area contributed by atoms with Crippen molar-refractivity contribution in [3.63, 3.8) is 0 Å². The Morgan fingerprint density at radius 2 is 1.79 bits per heavy atom. The fraction of sp³-hybridized carbons (Fsp3) is 0.479. The smallest absolute Gasteiger partial charge is 0.410 e. The van der Waals surface area contributed by atoms with Crippen LogP contribution < -0.4 is 14.2 Å². The van der Waals surface area contributed by atoms with Gasteiger partial charge in [0.1, 0.15) is 42.3 Å². The van der Waals surface area contributed by atoms with Gasteiger partial charge in [-0.15, -0.1) is 18.2 Å². The monoisotopic (exact) mass is 858 g/mol. The summed E-state index contributed by atoms with van der Waals surface area (Å²) in [6.07, 6.45) is 9.49. The standard InChI is InChI=1S/C48H59ClN2O10/c1-4-22-51(47(55)57-26-21-49)44-30-41(50-59-32-33-13-7-6-8-14-33)39-28-34(15-9-11-23-52)38(16-10-12-24-53)45-40-29-37(60-36-17-19-42(56-3)35(27-36)31-54)18-20-43(40)61-48(44,46(39)45)58-25-5-2/h5-8,13-14,17-20,27-29,31,34,38,44-46,52-53H,2,4,9-12,15-16,21-26,30,32H2,1,3H3/t34-,38+,44-,45+,46+,48+/m0/s1. The molecule has 6 atom stereocenters. The lowest BCUT2D eigenvalue weighted by Gasteiger charge is -2.59. The number of fused-ring (bicyclic) bond motifs is 2. The number of aldehydes is 1. The number of benzene rings is 3. The molecular formula is C48H59ClN2O10. The first-order chi connectivity index (χ1) is 29.9. The molecule has 0 saturated heterocycles. The van der Waals surface area contributed by atoms with Gasteiger partial charge in [-0.05, 0) is 91.5 Å². The number of carbonyl (C=O) groups is 2. The second-order valence-electron chi connectivity index (χ2n) is 15.7. The van der Waals surface area contributed by atoms with Crippen LogP contribution in [-0.4, -0.2) is 91.0 Å². The SMILES string of the molecule is C=CCO[C@@]12Oc3ccc(Oc4ccc(OC)c(C=O)c4)cc3[C@H]3[C@H](CCCCO)[C@@H](CCCCO)C=C(C(=NOCc4ccccc4)C[C@@H]1N(CCC)C(=O)OCCCl)[C@H]32. The molecule has 0 radical (unpaired) electrons. The van der Waals surface area contributed by atoms with E-state index in [4.69, 9.17) is 45.3 Å². The third-order valence-electron chi connectivity index (χ3n) is 11.8. The number of unbranched alkanes of at least 4 members (excludes halogenated alkanes) is 2. The zero-order chi connectivity index (χ0) is 43.2. The third-order valence-corrected chi connectivity index (χ3v) is 12.0. The van der Waals surface area contributed by atoms with Crippen molar-refractivity contribution < 1.29 is 48.3 Å². The summed E-state index contributed by atoms with van der Waals surface area (Å²) >= 11 is 6.03. The lowest BCUT2D eigenvalue weighted by atomic mass is 9.55. The zero-order valence-corrected chi connectivity index (χ0v) is 36.0. The lowest BCUT2D eigenvalue weighted by molar-refractivity contribution is -0.255. The summed E-state index contributed by atoms with van der Waals surface area (Å²) in [7, 11) is 1.51. The van der Waals surface area contributed by atoms with E-state index in [0.29, 0.717) is 60.1 Å². The molecule has 3 aromatic carbocycles. The van der Waals surface area contributed by atoms with Crippen molar-refractivity contribution in [2.45, 2.75) is 82.6 Å². The van der Waals surface area contributed by atoms with Crippen molar-refractivity contribution in [2.75, 3.05) is 46.0 Å². The van der Waals surface area contributed by atoms with Crippen molar-refractivity contribution in [1.82, 2.24) is 4.90 Å². The molecular weight excluding hydrogens is 800 g/mol. The Morgan fingerprint density at radius 3 is 2.49 bits per heavy atom. The average Bonchev–Trinajstić information content (AvgIpc) is 3.28. The topological polar surface area (TPSA) is 146 Å². The van der Waals surface area contributed by atoms with E-state index in [1.165, 1.54) is 7.11 Å². The van der Waals surface area contributed by atoms with Gasteiger partial charge in [-0.3, -0.25) is 9.69 Å². The summed E-state index contributed by atoms with van der Waals surface area (Å²) < 4.78 is 31.8. The number of aliphatic hydroxyl groups excluding tert-OH is 2. The number of hydrogen-bond acceptors (Lipinski definition) is 11. The van der Waals surface area contributed by atoms with Crippen LogP contribution in [0.25, 0.3) is 0 Å². The second kappa shape index (κ2) is 22.3. The summed E-state index contributed by atoms with van der Waals surface area (Å²) in [6.45, 7) is 6.91. The summed E-state index contributed by atoms with van der Waals surface area (Å²) in [5.74, 6) is 0.00945. The van der Waals surface area contributed by atoms with E-state index in [2.05, 4.69) is 12.7 Å². The Balaban J connectivity index is 1.57. The summed E-state index contributed by atoms with van der Waals surface area (Å²) in [5.41, 5.74) is 3.81.